The van der Waals surface area contributed by atoms with Gasteiger partial charge in [0.1, 0.15) is 5.75 Å². The second-order valence-corrected chi connectivity index (χ2v) is 7.82. The first kappa shape index (κ1) is 16.4. The van der Waals surface area contributed by atoms with Gasteiger partial charge in [0.2, 0.25) is 0 Å². The van der Waals surface area contributed by atoms with E-state index in [1.807, 2.05) is 0 Å². The Labute approximate surface area is 130 Å². The highest BCUT2D eigenvalue weighted by molar-refractivity contribution is 5.43. The Hall–Kier alpha value is -1.02. The van der Waals surface area contributed by atoms with E-state index in [0.717, 1.165) is 18.7 Å². The molecule has 1 aromatic carbocycles. The molecular weight excluding hydrogens is 258 g/mol. The zero-order valence-corrected chi connectivity index (χ0v) is 14.2. The minimum Gasteiger partial charge on any atom is -0.496 e. The SMILES string of the molecule is COc1ccc(CC(C)(C)C)cc1C1(CN)CCCCC1. The summed E-state index contributed by atoms with van der Waals surface area (Å²) in [5.74, 6) is 1.01. The molecule has 118 valence electrons. The first-order chi connectivity index (χ1) is 9.90. The summed E-state index contributed by atoms with van der Waals surface area (Å²) in [4.78, 5) is 0. The molecule has 1 aliphatic carbocycles. The fraction of sp³-hybridized carbons (Fsp3) is 0.684. The van der Waals surface area contributed by atoms with Crippen molar-refractivity contribution in [2.75, 3.05) is 13.7 Å². The van der Waals surface area contributed by atoms with Crippen molar-refractivity contribution in [1.29, 1.82) is 0 Å². The summed E-state index contributed by atoms with van der Waals surface area (Å²) in [6.45, 7) is 7.59. The Morgan fingerprint density at radius 3 is 2.33 bits per heavy atom. The number of hydrogen-bond donors (Lipinski definition) is 1. The fourth-order valence-electron chi connectivity index (χ4n) is 3.70. The molecule has 1 saturated carbocycles. The van der Waals surface area contributed by atoms with Crippen LogP contribution in [0.3, 0.4) is 0 Å². The highest BCUT2D eigenvalue weighted by atomic mass is 16.5. The largest absolute Gasteiger partial charge is 0.496 e. The van der Waals surface area contributed by atoms with Gasteiger partial charge in [-0.3, -0.25) is 0 Å². The number of nitrogens with two attached hydrogens (primary N) is 1. The number of rotatable bonds is 4. The van der Waals surface area contributed by atoms with Crippen LogP contribution in [0.5, 0.6) is 5.75 Å². The zero-order valence-electron chi connectivity index (χ0n) is 14.2. The molecule has 0 amide bonds. The molecule has 0 atom stereocenters. The maximum atomic E-state index is 6.22. The summed E-state index contributed by atoms with van der Waals surface area (Å²) >= 11 is 0. The van der Waals surface area contributed by atoms with Crippen molar-refractivity contribution in [1.82, 2.24) is 0 Å². The third-order valence-electron chi connectivity index (χ3n) is 4.77. The van der Waals surface area contributed by atoms with E-state index < -0.39 is 0 Å². The van der Waals surface area contributed by atoms with Gasteiger partial charge in [0.25, 0.3) is 0 Å². The van der Waals surface area contributed by atoms with E-state index in [2.05, 4.69) is 39.0 Å². The van der Waals surface area contributed by atoms with Gasteiger partial charge in [-0.05, 0) is 36.3 Å². The zero-order chi connectivity index (χ0) is 15.5. The van der Waals surface area contributed by atoms with Crippen molar-refractivity contribution in [2.24, 2.45) is 11.1 Å². The first-order valence-corrected chi connectivity index (χ1v) is 8.28. The molecule has 1 fully saturated rings. The molecule has 0 bridgehead atoms. The van der Waals surface area contributed by atoms with E-state index in [0.29, 0.717) is 5.41 Å². The highest BCUT2D eigenvalue weighted by Gasteiger charge is 2.35. The summed E-state index contributed by atoms with van der Waals surface area (Å²) in [5, 5.41) is 0. The maximum absolute atomic E-state index is 6.22. The minimum absolute atomic E-state index is 0.123. The first-order valence-electron chi connectivity index (χ1n) is 8.28. The van der Waals surface area contributed by atoms with Gasteiger partial charge in [0.15, 0.2) is 0 Å². The lowest BCUT2D eigenvalue weighted by Crippen LogP contribution is -2.37. The van der Waals surface area contributed by atoms with Crippen LogP contribution in [0, 0.1) is 5.41 Å². The summed E-state index contributed by atoms with van der Waals surface area (Å²) in [6.07, 6.45) is 7.38. The summed E-state index contributed by atoms with van der Waals surface area (Å²) in [7, 11) is 1.77. The Bertz CT molecular complexity index is 467. The van der Waals surface area contributed by atoms with Gasteiger partial charge in [-0.1, -0.05) is 52.2 Å². The molecule has 2 nitrogen and oxygen atoms in total. The van der Waals surface area contributed by atoms with Crippen molar-refractivity contribution < 1.29 is 4.74 Å². The standard InChI is InChI=1S/C19H31NO/c1-18(2,3)13-15-8-9-17(21-4)16(12-15)19(14-20)10-6-5-7-11-19/h8-9,12H,5-7,10-11,13-14,20H2,1-4H3. The highest BCUT2D eigenvalue weighted by Crippen LogP contribution is 2.43. The molecule has 2 heteroatoms. The molecule has 0 aromatic heterocycles. The van der Waals surface area contributed by atoms with E-state index in [1.54, 1.807) is 7.11 Å². The minimum atomic E-state index is 0.123. The topological polar surface area (TPSA) is 35.2 Å². The van der Waals surface area contributed by atoms with Crippen molar-refractivity contribution in [3.63, 3.8) is 0 Å². The van der Waals surface area contributed by atoms with Crippen LogP contribution in [0.1, 0.15) is 64.0 Å². The van der Waals surface area contributed by atoms with Crippen LogP contribution < -0.4 is 10.5 Å². The average molecular weight is 289 g/mol. The van der Waals surface area contributed by atoms with E-state index >= 15 is 0 Å². The van der Waals surface area contributed by atoms with E-state index in [-0.39, 0.29) is 5.41 Å². The van der Waals surface area contributed by atoms with Crippen molar-refractivity contribution >= 4 is 0 Å². The Morgan fingerprint density at radius 2 is 1.81 bits per heavy atom. The van der Waals surface area contributed by atoms with Crippen molar-refractivity contribution in [3.05, 3.63) is 29.3 Å². The second-order valence-electron chi connectivity index (χ2n) is 7.82. The van der Waals surface area contributed by atoms with E-state index in [1.165, 1.54) is 43.2 Å². The smallest absolute Gasteiger partial charge is 0.122 e. The Morgan fingerprint density at radius 1 is 1.14 bits per heavy atom. The van der Waals surface area contributed by atoms with Gasteiger partial charge in [-0.2, -0.15) is 0 Å². The van der Waals surface area contributed by atoms with Gasteiger partial charge in [0.05, 0.1) is 7.11 Å². The monoisotopic (exact) mass is 289 g/mol. The van der Waals surface area contributed by atoms with Gasteiger partial charge in [-0.15, -0.1) is 0 Å². The third kappa shape index (κ3) is 3.79. The summed E-state index contributed by atoms with van der Waals surface area (Å²) < 4.78 is 5.65. The molecule has 1 aromatic rings. The Balaban J connectivity index is 2.41. The maximum Gasteiger partial charge on any atom is 0.122 e. The van der Waals surface area contributed by atoms with Crippen LogP contribution in [-0.4, -0.2) is 13.7 Å². The lowest BCUT2D eigenvalue weighted by Gasteiger charge is -2.38. The fourth-order valence-corrected chi connectivity index (χ4v) is 3.70. The lowest BCUT2D eigenvalue weighted by molar-refractivity contribution is 0.287. The van der Waals surface area contributed by atoms with E-state index in [4.69, 9.17) is 10.5 Å². The van der Waals surface area contributed by atoms with Crippen molar-refractivity contribution in [3.8, 4) is 5.75 Å². The van der Waals surface area contributed by atoms with Crippen LogP contribution in [-0.2, 0) is 11.8 Å². The van der Waals surface area contributed by atoms with Crippen LogP contribution >= 0.6 is 0 Å². The normalized spacial score (nSPS) is 18.5. The quantitative estimate of drug-likeness (QED) is 0.889. The van der Waals surface area contributed by atoms with E-state index in [9.17, 15) is 0 Å². The molecule has 2 rings (SSSR count). The molecule has 2 N–H and O–H groups in total. The third-order valence-corrected chi connectivity index (χ3v) is 4.77. The molecule has 0 heterocycles. The second kappa shape index (κ2) is 6.39. The molecule has 1 aliphatic rings. The summed E-state index contributed by atoms with van der Waals surface area (Å²) in [5.41, 5.74) is 9.38. The van der Waals surface area contributed by atoms with Gasteiger partial charge >= 0.3 is 0 Å². The van der Waals surface area contributed by atoms with Gasteiger partial charge < -0.3 is 10.5 Å². The number of methoxy groups -OCH3 is 1. The van der Waals surface area contributed by atoms with Gasteiger partial charge in [-0.25, -0.2) is 0 Å². The summed E-state index contributed by atoms with van der Waals surface area (Å²) in [6, 6.07) is 6.71. The number of hydrogen-bond acceptors (Lipinski definition) is 2. The Kier molecular flexibility index (Phi) is 4.98. The predicted molar refractivity (Wildman–Crippen MR) is 90.0 cm³/mol. The van der Waals surface area contributed by atoms with Crippen LogP contribution in [0.2, 0.25) is 0 Å². The molecule has 0 unspecified atom stereocenters. The van der Waals surface area contributed by atoms with Crippen LogP contribution in [0.4, 0.5) is 0 Å². The lowest BCUT2D eigenvalue weighted by atomic mass is 9.68. The predicted octanol–water partition coefficient (Wildman–Crippen LogP) is 4.44. The molecule has 21 heavy (non-hydrogen) atoms. The molecule has 0 radical (unpaired) electrons. The van der Waals surface area contributed by atoms with Crippen LogP contribution in [0.25, 0.3) is 0 Å². The van der Waals surface area contributed by atoms with Crippen LogP contribution in [0.15, 0.2) is 18.2 Å². The number of benzene rings is 1. The molecular formula is C19H31NO. The molecule has 0 spiro atoms. The van der Waals surface area contributed by atoms with Gasteiger partial charge in [0, 0.05) is 17.5 Å². The average Bonchev–Trinajstić information content (AvgIpc) is 2.46. The number of ether oxygens (including phenoxy) is 1. The molecule has 0 aliphatic heterocycles. The van der Waals surface area contributed by atoms with Crippen molar-refractivity contribution in [2.45, 2.75) is 64.7 Å². The molecule has 0 saturated heterocycles.